The fourth-order valence-corrected chi connectivity index (χ4v) is 1.19. The van der Waals surface area contributed by atoms with Crippen molar-refractivity contribution in [3.8, 4) is 0 Å². The summed E-state index contributed by atoms with van der Waals surface area (Å²) in [6, 6.07) is 7.80. The molecule has 0 radical (unpaired) electrons. The second kappa shape index (κ2) is 5.22. The second-order valence-corrected chi connectivity index (χ2v) is 3.46. The lowest BCUT2D eigenvalue weighted by atomic mass is 10.2. The van der Waals surface area contributed by atoms with Gasteiger partial charge in [-0.25, -0.2) is 0 Å². The van der Waals surface area contributed by atoms with Gasteiger partial charge in [0.2, 0.25) is 0 Å². The van der Waals surface area contributed by atoms with Crippen molar-refractivity contribution < 1.29 is 5.11 Å². The van der Waals surface area contributed by atoms with Crippen molar-refractivity contribution in [2.45, 2.75) is 19.5 Å². The molecule has 2 nitrogen and oxygen atoms in total. The SMILES string of the molecule is C[C@@H](CO)NCc1ccccc1Cl. The molecule has 1 rings (SSSR count). The van der Waals surface area contributed by atoms with Crippen LogP contribution in [0.25, 0.3) is 0 Å². The third-order valence-electron chi connectivity index (χ3n) is 1.87. The zero-order valence-corrected chi connectivity index (χ0v) is 8.38. The molecule has 0 heterocycles. The molecule has 13 heavy (non-hydrogen) atoms. The van der Waals surface area contributed by atoms with Gasteiger partial charge in [-0.3, -0.25) is 0 Å². The molecule has 0 saturated carbocycles. The monoisotopic (exact) mass is 199 g/mol. The molecule has 0 aliphatic carbocycles. The van der Waals surface area contributed by atoms with Crippen LogP contribution in [0.2, 0.25) is 5.02 Å². The highest BCUT2D eigenvalue weighted by molar-refractivity contribution is 6.31. The lowest BCUT2D eigenvalue weighted by Gasteiger charge is -2.11. The van der Waals surface area contributed by atoms with Crippen LogP contribution in [0, 0.1) is 0 Å². The molecule has 72 valence electrons. The number of halogens is 1. The van der Waals surface area contributed by atoms with E-state index in [-0.39, 0.29) is 12.6 Å². The number of nitrogens with one attached hydrogen (secondary N) is 1. The first kappa shape index (κ1) is 10.5. The Kier molecular flexibility index (Phi) is 4.22. The fourth-order valence-electron chi connectivity index (χ4n) is 0.990. The Morgan fingerprint density at radius 2 is 2.15 bits per heavy atom. The Morgan fingerprint density at radius 1 is 1.46 bits per heavy atom. The minimum Gasteiger partial charge on any atom is -0.395 e. The molecule has 0 fully saturated rings. The zero-order valence-electron chi connectivity index (χ0n) is 7.63. The molecule has 3 heteroatoms. The van der Waals surface area contributed by atoms with E-state index in [1.165, 1.54) is 0 Å². The lowest BCUT2D eigenvalue weighted by molar-refractivity contribution is 0.251. The van der Waals surface area contributed by atoms with Crippen molar-refractivity contribution in [2.24, 2.45) is 0 Å². The van der Waals surface area contributed by atoms with Crippen LogP contribution in [0.4, 0.5) is 0 Å². The van der Waals surface area contributed by atoms with Gasteiger partial charge in [0.25, 0.3) is 0 Å². The van der Waals surface area contributed by atoms with Crippen LogP contribution in [-0.2, 0) is 6.54 Å². The summed E-state index contributed by atoms with van der Waals surface area (Å²) in [7, 11) is 0. The van der Waals surface area contributed by atoms with Crippen LogP contribution in [0.15, 0.2) is 24.3 Å². The van der Waals surface area contributed by atoms with Crippen LogP contribution >= 0.6 is 11.6 Å². The van der Waals surface area contributed by atoms with Gasteiger partial charge in [0.1, 0.15) is 0 Å². The highest BCUT2D eigenvalue weighted by Gasteiger charge is 2.01. The van der Waals surface area contributed by atoms with E-state index in [4.69, 9.17) is 16.7 Å². The molecular weight excluding hydrogens is 186 g/mol. The second-order valence-electron chi connectivity index (χ2n) is 3.06. The van der Waals surface area contributed by atoms with E-state index in [2.05, 4.69) is 5.32 Å². The minimum atomic E-state index is 0.108. The third-order valence-corrected chi connectivity index (χ3v) is 2.24. The standard InChI is InChI=1S/C10H14ClNO/c1-8(7-13)12-6-9-4-2-3-5-10(9)11/h2-5,8,12-13H,6-7H2,1H3/t8-/m0/s1. The predicted molar refractivity (Wildman–Crippen MR) is 54.8 cm³/mol. The van der Waals surface area contributed by atoms with Gasteiger partial charge >= 0.3 is 0 Å². The fraction of sp³-hybridized carbons (Fsp3) is 0.400. The first-order valence-electron chi connectivity index (χ1n) is 4.31. The summed E-state index contributed by atoms with van der Waals surface area (Å²) in [4.78, 5) is 0. The predicted octanol–water partition coefficient (Wildman–Crippen LogP) is 1.81. The van der Waals surface area contributed by atoms with Crippen LogP contribution in [0.5, 0.6) is 0 Å². The van der Waals surface area contributed by atoms with Gasteiger partial charge in [-0.05, 0) is 18.6 Å². The molecule has 0 unspecified atom stereocenters. The highest BCUT2D eigenvalue weighted by Crippen LogP contribution is 2.14. The van der Waals surface area contributed by atoms with E-state index >= 15 is 0 Å². The molecule has 0 amide bonds. The molecule has 0 aliphatic heterocycles. The first-order chi connectivity index (χ1) is 6.24. The number of hydrogen-bond donors (Lipinski definition) is 2. The summed E-state index contributed by atoms with van der Waals surface area (Å²) < 4.78 is 0. The largest absolute Gasteiger partial charge is 0.395 e. The maximum absolute atomic E-state index is 8.79. The van der Waals surface area contributed by atoms with Crippen LogP contribution in [0.3, 0.4) is 0 Å². The van der Waals surface area contributed by atoms with E-state index in [9.17, 15) is 0 Å². The quantitative estimate of drug-likeness (QED) is 0.776. The first-order valence-corrected chi connectivity index (χ1v) is 4.69. The zero-order chi connectivity index (χ0) is 9.68. The molecule has 0 aromatic heterocycles. The summed E-state index contributed by atoms with van der Waals surface area (Å²) >= 11 is 5.95. The Morgan fingerprint density at radius 3 is 2.77 bits per heavy atom. The lowest BCUT2D eigenvalue weighted by Crippen LogP contribution is -2.28. The van der Waals surface area contributed by atoms with E-state index < -0.39 is 0 Å². The third kappa shape index (κ3) is 3.35. The molecule has 0 aliphatic rings. The Hall–Kier alpha value is -0.570. The van der Waals surface area contributed by atoms with E-state index in [1.54, 1.807) is 0 Å². The molecular formula is C10H14ClNO. The smallest absolute Gasteiger partial charge is 0.0582 e. The molecule has 1 aromatic carbocycles. The summed E-state index contributed by atoms with van der Waals surface area (Å²) in [5, 5.41) is 12.7. The average Bonchev–Trinajstić information content (AvgIpc) is 2.16. The summed E-state index contributed by atoms with van der Waals surface area (Å²) in [5.74, 6) is 0. The van der Waals surface area contributed by atoms with E-state index in [0.717, 1.165) is 10.6 Å². The molecule has 2 N–H and O–H groups in total. The number of aliphatic hydroxyl groups excluding tert-OH is 1. The maximum Gasteiger partial charge on any atom is 0.0582 e. The Balaban J connectivity index is 2.50. The van der Waals surface area contributed by atoms with E-state index in [1.807, 2.05) is 31.2 Å². The van der Waals surface area contributed by atoms with Gasteiger partial charge in [0.15, 0.2) is 0 Å². The summed E-state index contributed by atoms with van der Waals surface area (Å²) in [6.07, 6.45) is 0. The van der Waals surface area contributed by atoms with Crippen LogP contribution in [-0.4, -0.2) is 17.8 Å². The van der Waals surface area contributed by atoms with Crippen molar-refractivity contribution in [1.82, 2.24) is 5.32 Å². The van der Waals surface area contributed by atoms with Crippen LogP contribution in [0.1, 0.15) is 12.5 Å². The Bertz CT molecular complexity index is 265. The van der Waals surface area contributed by atoms with Gasteiger partial charge in [0.05, 0.1) is 6.61 Å². The van der Waals surface area contributed by atoms with Crippen molar-refractivity contribution in [3.63, 3.8) is 0 Å². The van der Waals surface area contributed by atoms with Gasteiger partial charge in [-0.1, -0.05) is 29.8 Å². The maximum atomic E-state index is 8.79. The summed E-state index contributed by atoms with van der Waals surface area (Å²) in [5.41, 5.74) is 1.06. The van der Waals surface area contributed by atoms with Crippen LogP contribution < -0.4 is 5.32 Å². The minimum absolute atomic E-state index is 0.108. The molecule has 0 bridgehead atoms. The number of rotatable bonds is 4. The molecule has 1 atom stereocenters. The van der Waals surface area contributed by atoms with Gasteiger partial charge < -0.3 is 10.4 Å². The van der Waals surface area contributed by atoms with Gasteiger partial charge in [-0.2, -0.15) is 0 Å². The van der Waals surface area contributed by atoms with Gasteiger partial charge in [-0.15, -0.1) is 0 Å². The normalized spacial score (nSPS) is 12.8. The average molecular weight is 200 g/mol. The molecule has 1 aromatic rings. The topological polar surface area (TPSA) is 32.3 Å². The Labute approximate surface area is 83.5 Å². The number of hydrogen-bond acceptors (Lipinski definition) is 2. The summed E-state index contributed by atoms with van der Waals surface area (Å²) in [6.45, 7) is 2.77. The van der Waals surface area contributed by atoms with Crippen molar-refractivity contribution in [1.29, 1.82) is 0 Å². The van der Waals surface area contributed by atoms with Crippen molar-refractivity contribution >= 4 is 11.6 Å². The molecule has 0 spiro atoms. The van der Waals surface area contributed by atoms with Crippen molar-refractivity contribution in [3.05, 3.63) is 34.9 Å². The molecule has 0 saturated heterocycles. The van der Waals surface area contributed by atoms with E-state index in [0.29, 0.717) is 6.54 Å². The van der Waals surface area contributed by atoms with Crippen molar-refractivity contribution in [2.75, 3.05) is 6.61 Å². The van der Waals surface area contributed by atoms with Gasteiger partial charge in [0, 0.05) is 17.6 Å². The number of benzene rings is 1. The number of aliphatic hydroxyl groups is 1. The highest BCUT2D eigenvalue weighted by atomic mass is 35.5.